The molecule has 0 radical (unpaired) electrons. The van der Waals surface area contributed by atoms with E-state index in [1.807, 2.05) is 31.2 Å². The largest absolute Gasteiger partial charge is 0.495 e. The first-order chi connectivity index (χ1) is 13.1. The van der Waals surface area contributed by atoms with E-state index in [9.17, 15) is 9.59 Å². The third-order valence-electron chi connectivity index (χ3n) is 4.76. The second kappa shape index (κ2) is 9.04. The third kappa shape index (κ3) is 5.10. The first-order valence-corrected chi connectivity index (χ1v) is 10.2. The van der Waals surface area contributed by atoms with Gasteiger partial charge in [0.25, 0.3) is 5.91 Å². The van der Waals surface area contributed by atoms with Gasteiger partial charge in [-0.05, 0) is 61.9 Å². The van der Waals surface area contributed by atoms with E-state index in [2.05, 4.69) is 10.6 Å². The van der Waals surface area contributed by atoms with Crippen LogP contribution in [0.4, 0.5) is 5.69 Å². The van der Waals surface area contributed by atoms with Crippen LogP contribution in [0.5, 0.6) is 5.75 Å². The van der Waals surface area contributed by atoms with Gasteiger partial charge in [-0.1, -0.05) is 18.9 Å². The number of hydrogen-bond acceptors (Lipinski definition) is 4. The second-order valence-corrected chi connectivity index (χ2v) is 8.04. The van der Waals surface area contributed by atoms with E-state index in [1.54, 1.807) is 18.4 Å². The van der Waals surface area contributed by atoms with Gasteiger partial charge in [0.2, 0.25) is 5.91 Å². The minimum absolute atomic E-state index is 0.0709. The van der Waals surface area contributed by atoms with E-state index in [-0.39, 0.29) is 18.4 Å². The molecule has 1 aromatic carbocycles. The third-order valence-corrected chi connectivity index (χ3v) is 5.99. The zero-order valence-electron chi connectivity index (χ0n) is 15.9. The summed E-state index contributed by atoms with van der Waals surface area (Å²) in [5.74, 6) is 0.138. The van der Waals surface area contributed by atoms with Crippen molar-refractivity contribution in [3.63, 3.8) is 0 Å². The predicted molar refractivity (Wildman–Crippen MR) is 109 cm³/mol. The molecule has 5 nitrogen and oxygen atoms in total. The Balaban J connectivity index is 1.58. The number of hydrogen-bond donors (Lipinski definition) is 2. The van der Waals surface area contributed by atoms with Crippen molar-refractivity contribution in [3.8, 4) is 5.75 Å². The summed E-state index contributed by atoms with van der Waals surface area (Å²) in [4.78, 5) is 26.7. The van der Waals surface area contributed by atoms with Gasteiger partial charge in [0, 0.05) is 4.88 Å². The molecule has 144 valence electrons. The van der Waals surface area contributed by atoms with Gasteiger partial charge in [0.1, 0.15) is 5.75 Å². The van der Waals surface area contributed by atoms with E-state index < -0.39 is 0 Å². The van der Waals surface area contributed by atoms with Gasteiger partial charge in [-0.15, -0.1) is 11.3 Å². The molecule has 0 fully saturated rings. The standard InChI is InChI=1S/C21H26N2O3S/c1-14-9-10-17(26-2)16(11-14)23-20(24)13-22-21(25)19-12-15-7-5-3-4-6-8-18(15)27-19/h9-12H,3-8,13H2,1-2H3,(H,22,25)(H,23,24). The summed E-state index contributed by atoms with van der Waals surface area (Å²) in [6.07, 6.45) is 7.01. The molecule has 3 rings (SSSR count). The molecule has 2 N–H and O–H groups in total. The van der Waals surface area contributed by atoms with Crippen molar-refractivity contribution in [3.05, 3.63) is 45.1 Å². The number of carbonyl (C=O) groups excluding carboxylic acids is 2. The Kier molecular flexibility index (Phi) is 6.50. The molecule has 0 bridgehead atoms. The molecule has 2 aromatic rings. The number of carbonyl (C=O) groups is 2. The summed E-state index contributed by atoms with van der Waals surface area (Å²) in [6, 6.07) is 7.57. The highest BCUT2D eigenvalue weighted by Crippen LogP contribution is 2.28. The lowest BCUT2D eigenvalue weighted by atomic mass is 10.00. The van der Waals surface area contributed by atoms with Gasteiger partial charge < -0.3 is 15.4 Å². The van der Waals surface area contributed by atoms with Gasteiger partial charge in [-0.2, -0.15) is 0 Å². The van der Waals surface area contributed by atoms with Gasteiger partial charge in [-0.3, -0.25) is 9.59 Å². The monoisotopic (exact) mass is 386 g/mol. The summed E-state index contributed by atoms with van der Waals surface area (Å²) >= 11 is 1.57. The Bertz CT molecular complexity index is 803. The number of methoxy groups -OCH3 is 1. The van der Waals surface area contributed by atoms with Crippen LogP contribution in [0.2, 0.25) is 0 Å². The molecule has 0 spiro atoms. The fourth-order valence-corrected chi connectivity index (χ4v) is 4.49. The SMILES string of the molecule is COc1ccc(C)cc1NC(=O)CNC(=O)c1cc2c(s1)CCCCCC2. The highest BCUT2D eigenvalue weighted by Gasteiger charge is 2.17. The molecule has 0 aliphatic heterocycles. The highest BCUT2D eigenvalue weighted by atomic mass is 32.1. The molecular formula is C21H26N2O3S. The van der Waals surface area contributed by atoms with Gasteiger partial charge in [-0.25, -0.2) is 0 Å². The fraction of sp³-hybridized carbons (Fsp3) is 0.429. The fourth-order valence-electron chi connectivity index (χ4n) is 3.32. The first-order valence-electron chi connectivity index (χ1n) is 9.41. The number of rotatable bonds is 5. The van der Waals surface area contributed by atoms with E-state index >= 15 is 0 Å². The minimum Gasteiger partial charge on any atom is -0.495 e. The quantitative estimate of drug-likeness (QED) is 0.813. The van der Waals surface area contributed by atoms with Crippen LogP contribution in [0.3, 0.4) is 0 Å². The summed E-state index contributed by atoms with van der Waals surface area (Å²) in [6.45, 7) is 1.87. The molecule has 2 amide bonds. The van der Waals surface area contributed by atoms with Crippen molar-refractivity contribution in [1.82, 2.24) is 5.32 Å². The number of thiophene rings is 1. The van der Waals surface area contributed by atoms with Gasteiger partial charge in [0.05, 0.1) is 24.2 Å². The van der Waals surface area contributed by atoms with Gasteiger partial charge >= 0.3 is 0 Å². The molecule has 0 saturated carbocycles. The molecule has 1 aliphatic rings. The maximum atomic E-state index is 12.5. The molecule has 0 unspecified atom stereocenters. The first kappa shape index (κ1) is 19.4. The van der Waals surface area contributed by atoms with Crippen molar-refractivity contribution in [2.75, 3.05) is 19.0 Å². The molecule has 0 saturated heterocycles. The Morgan fingerprint density at radius 1 is 1.11 bits per heavy atom. The summed E-state index contributed by atoms with van der Waals surface area (Å²) in [5.41, 5.74) is 2.93. The minimum atomic E-state index is -0.276. The number of amides is 2. The number of fused-ring (bicyclic) bond motifs is 1. The van der Waals surface area contributed by atoms with Crippen molar-refractivity contribution >= 4 is 28.8 Å². The van der Waals surface area contributed by atoms with Crippen LogP contribution < -0.4 is 15.4 Å². The smallest absolute Gasteiger partial charge is 0.261 e. The number of nitrogens with one attached hydrogen (secondary N) is 2. The number of ether oxygens (including phenoxy) is 1. The molecule has 1 heterocycles. The van der Waals surface area contributed by atoms with Crippen molar-refractivity contribution in [1.29, 1.82) is 0 Å². The highest BCUT2D eigenvalue weighted by molar-refractivity contribution is 7.14. The van der Waals surface area contributed by atoms with E-state index in [4.69, 9.17) is 4.74 Å². The zero-order valence-corrected chi connectivity index (χ0v) is 16.7. The summed E-state index contributed by atoms with van der Waals surface area (Å²) in [5, 5.41) is 5.53. The molecular weight excluding hydrogens is 360 g/mol. The van der Waals surface area contributed by atoms with Gasteiger partial charge in [0.15, 0.2) is 0 Å². The van der Waals surface area contributed by atoms with Crippen molar-refractivity contribution < 1.29 is 14.3 Å². The van der Waals surface area contributed by atoms with Crippen molar-refractivity contribution in [2.45, 2.75) is 45.4 Å². The van der Waals surface area contributed by atoms with Crippen LogP contribution in [0, 0.1) is 6.92 Å². The maximum absolute atomic E-state index is 12.5. The van der Waals surface area contributed by atoms with Crippen LogP contribution in [-0.2, 0) is 17.6 Å². The molecule has 0 atom stereocenters. The zero-order chi connectivity index (χ0) is 19.2. The second-order valence-electron chi connectivity index (χ2n) is 6.91. The molecule has 6 heteroatoms. The normalized spacial score (nSPS) is 13.9. The van der Waals surface area contributed by atoms with Crippen LogP contribution >= 0.6 is 11.3 Å². The Morgan fingerprint density at radius 3 is 2.67 bits per heavy atom. The average Bonchev–Trinajstić information content (AvgIpc) is 3.02. The van der Waals surface area contributed by atoms with Crippen LogP contribution in [0.1, 0.15) is 51.4 Å². The Morgan fingerprint density at radius 2 is 1.89 bits per heavy atom. The van der Waals surface area contributed by atoms with E-state index in [1.165, 1.54) is 36.1 Å². The lowest BCUT2D eigenvalue weighted by molar-refractivity contribution is -0.115. The molecule has 1 aliphatic carbocycles. The van der Waals surface area contributed by atoms with Crippen molar-refractivity contribution in [2.24, 2.45) is 0 Å². The Labute approximate surface area is 164 Å². The number of benzene rings is 1. The number of aryl methyl sites for hydroxylation is 3. The molecule has 1 aromatic heterocycles. The van der Waals surface area contributed by atoms with Crippen LogP contribution in [0.25, 0.3) is 0 Å². The van der Waals surface area contributed by atoms with E-state index in [0.29, 0.717) is 16.3 Å². The number of anilines is 1. The topological polar surface area (TPSA) is 67.4 Å². The maximum Gasteiger partial charge on any atom is 0.261 e. The average molecular weight is 387 g/mol. The summed E-state index contributed by atoms with van der Waals surface area (Å²) in [7, 11) is 1.56. The Hall–Kier alpha value is -2.34. The summed E-state index contributed by atoms with van der Waals surface area (Å²) < 4.78 is 5.26. The molecule has 27 heavy (non-hydrogen) atoms. The predicted octanol–water partition coefficient (Wildman–Crippen LogP) is 4.09. The lowest BCUT2D eigenvalue weighted by Gasteiger charge is -2.11. The van der Waals surface area contributed by atoms with Crippen LogP contribution in [-0.4, -0.2) is 25.5 Å². The van der Waals surface area contributed by atoms with E-state index in [0.717, 1.165) is 18.4 Å². The lowest BCUT2D eigenvalue weighted by Crippen LogP contribution is -2.32. The van der Waals surface area contributed by atoms with Crippen LogP contribution in [0.15, 0.2) is 24.3 Å².